The fourth-order valence-corrected chi connectivity index (χ4v) is 10.1. The minimum atomic E-state index is -0.591. The zero-order chi connectivity index (χ0) is 40.3. The van der Waals surface area contributed by atoms with Gasteiger partial charge in [0.05, 0.1) is 11.1 Å². The van der Waals surface area contributed by atoms with Gasteiger partial charge in [0.1, 0.15) is 5.58 Å². The highest BCUT2D eigenvalue weighted by atomic mass is 16.3. The molecule has 0 saturated carbocycles. The van der Waals surface area contributed by atoms with Crippen molar-refractivity contribution in [1.82, 2.24) is 0 Å². The summed E-state index contributed by atoms with van der Waals surface area (Å²) in [7, 11) is 0. The Morgan fingerprint density at radius 3 is 1.49 bits per heavy atom. The topological polar surface area (TPSA) is 16.4 Å². The Bertz CT molecular complexity index is 3350. The summed E-state index contributed by atoms with van der Waals surface area (Å²) in [6.45, 7) is 0. The van der Waals surface area contributed by atoms with Crippen LogP contribution >= 0.6 is 0 Å². The average Bonchev–Trinajstić information content (AvgIpc) is 3.87. The molecule has 0 fully saturated rings. The lowest BCUT2D eigenvalue weighted by Gasteiger charge is -2.33. The number of para-hydroxylation sites is 2. The summed E-state index contributed by atoms with van der Waals surface area (Å²) in [5.74, 6) is 0. The van der Waals surface area contributed by atoms with Crippen molar-refractivity contribution in [2.45, 2.75) is 5.41 Å². The largest absolute Gasteiger partial charge is 0.453 e. The van der Waals surface area contributed by atoms with Crippen LogP contribution in [0.1, 0.15) is 22.3 Å². The van der Waals surface area contributed by atoms with E-state index in [1.807, 2.05) is 0 Å². The van der Waals surface area contributed by atoms with Crippen molar-refractivity contribution < 1.29 is 4.42 Å². The van der Waals surface area contributed by atoms with Gasteiger partial charge in [-0.1, -0.05) is 206 Å². The molecule has 286 valence electrons. The Morgan fingerprint density at radius 2 is 0.787 bits per heavy atom. The monoisotopic (exact) mass is 777 g/mol. The minimum Gasteiger partial charge on any atom is -0.453 e. The maximum absolute atomic E-state index is 7.42. The van der Waals surface area contributed by atoms with E-state index in [9.17, 15) is 0 Å². The van der Waals surface area contributed by atoms with Crippen molar-refractivity contribution in [3.8, 4) is 33.4 Å². The number of furan rings is 1. The van der Waals surface area contributed by atoms with Gasteiger partial charge in [-0.15, -0.1) is 0 Å². The summed E-state index contributed by atoms with van der Waals surface area (Å²) >= 11 is 0. The second kappa shape index (κ2) is 14.1. The number of benzene rings is 10. The highest BCUT2D eigenvalue weighted by molar-refractivity contribution is 6.12. The van der Waals surface area contributed by atoms with Crippen LogP contribution in [-0.2, 0) is 5.41 Å². The number of hydrogen-bond acceptors (Lipinski definition) is 2. The molecule has 0 amide bonds. The average molecular weight is 778 g/mol. The maximum Gasteiger partial charge on any atom is 0.159 e. The lowest BCUT2D eigenvalue weighted by molar-refractivity contribution is 0.648. The Morgan fingerprint density at radius 1 is 0.311 bits per heavy atom. The lowest BCUT2D eigenvalue weighted by Crippen LogP contribution is -2.28. The highest BCUT2D eigenvalue weighted by Crippen LogP contribution is 2.58. The second-order valence-corrected chi connectivity index (χ2v) is 16.0. The molecule has 0 unspecified atom stereocenters. The van der Waals surface area contributed by atoms with Gasteiger partial charge in [0.2, 0.25) is 0 Å². The van der Waals surface area contributed by atoms with Crippen molar-refractivity contribution >= 4 is 49.8 Å². The molecular weight excluding hydrogens is 739 g/mol. The quantitative estimate of drug-likeness (QED) is 0.160. The van der Waals surface area contributed by atoms with Crippen LogP contribution in [0.2, 0.25) is 0 Å². The van der Waals surface area contributed by atoms with E-state index in [4.69, 9.17) is 4.42 Å². The first kappa shape index (κ1) is 35.0. The third-order valence-corrected chi connectivity index (χ3v) is 12.8. The number of nitrogens with zero attached hydrogens (tertiary/aromatic N) is 1. The summed E-state index contributed by atoms with van der Waals surface area (Å²) in [6, 6.07) is 85.6. The van der Waals surface area contributed by atoms with Crippen molar-refractivity contribution in [2.75, 3.05) is 4.90 Å². The molecular formula is C59H39NO. The van der Waals surface area contributed by atoms with Crippen molar-refractivity contribution in [2.24, 2.45) is 0 Å². The van der Waals surface area contributed by atoms with Gasteiger partial charge in [-0.2, -0.15) is 0 Å². The van der Waals surface area contributed by atoms with Gasteiger partial charge < -0.3 is 9.32 Å². The van der Waals surface area contributed by atoms with Crippen molar-refractivity contribution in [3.05, 3.63) is 259 Å². The van der Waals surface area contributed by atoms with Gasteiger partial charge in [0, 0.05) is 27.7 Å². The Kier molecular flexibility index (Phi) is 8.11. The normalized spacial score (nSPS) is 12.7. The van der Waals surface area contributed by atoms with Gasteiger partial charge in [-0.3, -0.25) is 0 Å². The van der Waals surface area contributed by atoms with Crippen molar-refractivity contribution in [3.63, 3.8) is 0 Å². The van der Waals surface area contributed by atoms with Crippen LogP contribution in [0.15, 0.2) is 241 Å². The Balaban J connectivity index is 1.08. The van der Waals surface area contributed by atoms with E-state index in [1.165, 1.54) is 60.8 Å². The molecule has 12 rings (SSSR count). The number of anilines is 3. The third kappa shape index (κ3) is 5.43. The standard InChI is InChI=1S/C59H39NO/c1-3-16-40(17-4-1)41-32-36-45(37-33-41)60(46-38-34-43(35-39-46)48-25-13-19-42-18-7-8-22-47(42)48)56-31-15-27-52-51-26-14-30-55(57(51)61-58(52)56)59(44-20-5-2-6-21-44)53-28-11-9-23-49(53)50-24-10-12-29-54(50)59/h1-39H. The molecule has 0 radical (unpaired) electrons. The van der Waals surface area contributed by atoms with Crippen LogP contribution in [0.25, 0.3) is 66.1 Å². The Labute approximate surface area is 355 Å². The zero-order valence-corrected chi connectivity index (χ0v) is 33.4. The first-order valence-corrected chi connectivity index (χ1v) is 21.0. The second-order valence-electron chi connectivity index (χ2n) is 16.0. The Hall–Kier alpha value is -7.94. The predicted molar refractivity (Wildman–Crippen MR) is 254 cm³/mol. The molecule has 0 bridgehead atoms. The van der Waals surface area contributed by atoms with E-state index in [0.717, 1.165) is 44.6 Å². The molecule has 0 N–H and O–H groups in total. The van der Waals surface area contributed by atoms with Gasteiger partial charge in [0.25, 0.3) is 0 Å². The number of rotatable bonds is 7. The molecule has 10 aromatic carbocycles. The van der Waals surface area contributed by atoms with Gasteiger partial charge in [-0.05, 0) is 91.2 Å². The molecule has 2 heteroatoms. The van der Waals surface area contributed by atoms with Gasteiger partial charge >= 0.3 is 0 Å². The van der Waals surface area contributed by atoms with Crippen LogP contribution in [0.5, 0.6) is 0 Å². The van der Waals surface area contributed by atoms with Gasteiger partial charge in [0.15, 0.2) is 5.58 Å². The molecule has 0 spiro atoms. The van der Waals surface area contributed by atoms with Crippen LogP contribution in [0.4, 0.5) is 17.1 Å². The first-order chi connectivity index (χ1) is 30.3. The smallest absolute Gasteiger partial charge is 0.159 e. The third-order valence-electron chi connectivity index (χ3n) is 12.8. The van der Waals surface area contributed by atoms with Crippen LogP contribution in [0.3, 0.4) is 0 Å². The fourth-order valence-electron chi connectivity index (χ4n) is 10.1. The van der Waals surface area contributed by atoms with Crippen LogP contribution < -0.4 is 4.90 Å². The number of hydrogen-bond donors (Lipinski definition) is 0. The molecule has 0 atom stereocenters. The van der Waals surface area contributed by atoms with E-state index >= 15 is 0 Å². The summed E-state index contributed by atoms with van der Waals surface area (Å²) in [6.07, 6.45) is 0. The summed E-state index contributed by atoms with van der Waals surface area (Å²) in [5.41, 5.74) is 16.4. The zero-order valence-electron chi connectivity index (χ0n) is 33.4. The molecule has 61 heavy (non-hydrogen) atoms. The summed E-state index contributed by atoms with van der Waals surface area (Å²) < 4.78 is 7.42. The minimum absolute atomic E-state index is 0.591. The van der Waals surface area contributed by atoms with Crippen molar-refractivity contribution in [1.29, 1.82) is 0 Å². The molecule has 1 heterocycles. The molecule has 0 saturated heterocycles. The van der Waals surface area contributed by atoms with E-state index < -0.39 is 5.41 Å². The molecule has 0 aliphatic heterocycles. The number of fused-ring (bicyclic) bond motifs is 7. The molecule has 1 aromatic heterocycles. The maximum atomic E-state index is 7.42. The van der Waals surface area contributed by atoms with E-state index in [2.05, 4.69) is 241 Å². The first-order valence-electron chi connectivity index (χ1n) is 21.0. The fraction of sp³-hybridized carbons (Fsp3) is 0.0169. The van der Waals surface area contributed by atoms with Crippen LogP contribution in [-0.4, -0.2) is 0 Å². The molecule has 11 aromatic rings. The van der Waals surface area contributed by atoms with E-state index in [1.54, 1.807) is 0 Å². The molecule has 1 aliphatic rings. The SMILES string of the molecule is c1ccc(-c2ccc(N(c3ccc(-c4cccc5ccccc45)cc3)c3cccc4c3oc3c(C5(c6ccccc6)c6ccccc6-c6ccccc65)cccc34)cc2)cc1. The van der Waals surface area contributed by atoms with Crippen LogP contribution in [0, 0.1) is 0 Å². The summed E-state index contributed by atoms with van der Waals surface area (Å²) in [5, 5.41) is 4.65. The predicted octanol–water partition coefficient (Wildman–Crippen LogP) is 15.9. The lowest BCUT2D eigenvalue weighted by atomic mass is 9.67. The van der Waals surface area contributed by atoms with E-state index in [-0.39, 0.29) is 0 Å². The summed E-state index contributed by atoms with van der Waals surface area (Å²) in [4.78, 5) is 2.35. The highest BCUT2D eigenvalue weighted by Gasteiger charge is 2.47. The molecule has 1 aliphatic carbocycles. The van der Waals surface area contributed by atoms with Gasteiger partial charge in [-0.25, -0.2) is 0 Å². The molecule has 2 nitrogen and oxygen atoms in total. The van der Waals surface area contributed by atoms with E-state index in [0.29, 0.717) is 0 Å².